The van der Waals surface area contributed by atoms with Gasteiger partial charge in [0.15, 0.2) is 0 Å². The molecule has 1 aromatic heterocycles. The summed E-state index contributed by atoms with van der Waals surface area (Å²) >= 11 is 0. The molecule has 2 N–H and O–H groups in total. The summed E-state index contributed by atoms with van der Waals surface area (Å²) in [6.07, 6.45) is 2.18. The van der Waals surface area contributed by atoms with E-state index in [-0.39, 0.29) is 18.4 Å². The Morgan fingerprint density at radius 3 is 2.31 bits per heavy atom. The van der Waals surface area contributed by atoms with Gasteiger partial charge in [-0.05, 0) is 32.4 Å². The molecule has 1 unspecified atom stereocenters. The second-order valence-electron chi connectivity index (χ2n) is 4.39. The van der Waals surface area contributed by atoms with E-state index in [1.165, 1.54) is 16.5 Å². The lowest BCUT2D eigenvalue weighted by molar-refractivity contribution is 0.618. The molecule has 0 amide bonds. The van der Waals surface area contributed by atoms with Crippen LogP contribution in [-0.4, -0.2) is 4.57 Å². The predicted molar refractivity (Wildman–Crippen MR) is 72.2 cm³/mol. The zero-order chi connectivity index (χ0) is 11.0. The lowest BCUT2D eigenvalue weighted by Gasteiger charge is -2.08. The standard InChI is InChI=1S/C13H18N2.ClH/c1-9(2)15-8-12(10(3)14)11-6-4-5-7-13(11)15;/h4-10H,14H2,1-3H3;1H. The summed E-state index contributed by atoms with van der Waals surface area (Å²) < 4.78 is 2.29. The Labute approximate surface area is 103 Å². The highest BCUT2D eigenvalue weighted by molar-refractivity contribution is 5.85. The highest BCUT2D eigenvalue weighted by atomic mass is 35.5. The summed E-state index contributed by atoms with van der Waals surface area (Å²) in [5.74, 6) is 0. The van der Waals surface area contributed by atoms with E-state index >= 15 is 0 Å². The summed E-state index contributed by atoms with van der Waals surface area (Å²) in [6.45, 7) is 6.42. The first-order valence-corrected chi connectivity index (χ1v) is 5.46. The summed E-state index contributed by atoms with van der Waals surface area (Å²) in [4.78, 5) is 0. The van der Waals surface area contributed by atoms with Crippen molar-refractivity contribution in [2.75, 3.05) is 0 Å². The van der Waals surface area contributed by atoms with Crippen LogP contribution >= 0.6 is 12.4 Å². The molecule has 0 saturated carbocycles. The molecule has 0 fully saturated rings. The van der Waals surface area contributed by atoms with E-state index in [0.29, 0.717) is 6.04 Å². The lowest BCUT2D eigenvalue weighted by Crippen LogP contribution is -2.04. The number of nitrogens with zero attached hydrogens (tertiary/aromatic N) is 1. The van der Waals surface area contributed by atoms with E-state index in [1.807, 2.05) is 6.92 Å². The summed E-state index contributed by atoms with van der Waals surface area (Å²) in [7, 11) is 0. The average molecular weight is 239 g/mol. The zero-order valence-corrected chi connectivity index (χ0v) is 10.8. The smallest absolute Gasteiger partial charge is 0.0486 e. The number of hydrogen-bond acceptors (Lipinski definition) is 1. The fourth-order valence-electron chi connectivity index (χ4n) is 2.02. The maximum Gasteiger partial charge on any atom is 0.0486 e. The monoisotopic (exact) mass is 238 g/mol. The van der Waals surface area contributed by atoms with Crippen molar-refractivity contribution < 1.29 is 0 Å². The minimum atomic E-state index is 0. The molecule has 0 saturated heterocycles. The van der Waals surface area contributed by atoms with E-state index in [2.05, 4.69) is 48.9 Å². The molecule has 1 aromatic carbocycles. The molecule has 88 valence electrons. The maximum atomic E-state index is 5.98. The minimum absolute atomic E-state index is 0. The molecular formula is C13H19ClN2. The molecule has 1 atom stereocenters. The SMILES string of the molecule is CC(N)c1cn(C(C)C)c2ccccc12.Cl. The number of aromatic nitrogens is 1. The van der Waals surface area contributed by atoms with Gasteiger partial charge in [0.05, 0.1) is 0 Å². The average Bonchev–Trinajstić information content (AvgIpc) is 2.56. The van der Waals surface area contributed by atoms with E-state index in [1.54, 1.807) is 0 Å². The largest absolute Gasteiger partial charge is 0.345 e. The van der Waals surface area contributed by atoms with Gasteiger partial charge in [-0.1, -0.05) is 18.2 Å². The van der Waals surface area contributed by atoms with Crippen molar-refractivity contribution in [1.82, 2.24) is 4.57 Å². The quantitative estimate of drug-likeness (QED) is 0.851. The number of para-hydroxylation sites is 1. The molecule has 2 aromatic rings. The van der Waals surface area contributed by atoms with Crippen molar-refractivity contribution in [1.29, 1.82) is 0 Å². The van der Waals surface area contributed by atoms with E-state index in [0.717, 1.165) is 0 Å². The van der Waals surface area contributed by atoms with Gasteiger partial charge in [-0.15, -0.1) is 12.4 Å². The molecule has 3 heteroatoms. The second kappa shape index (κ2) is 4.89. The first kappa shape index (κ1) is 13.1. The Morgan fingerprint density at radius 2 is 1.75 bits per heavy atom. The number of rotatable bonds is 2. The fraction of sp³-hybridized carbons (Fsp3) is 0.385. The molecule has 0 aliphatic rings. The number of halogens is 1. The van der Waals surface area contributed by atoms with Gasteiger partial charge >= 0.3 is 0 Å². The molecule has 0 aliphatic heterocycles. The normalized spacial score (nSPS) is 12.8. The van der Waals surface area contributed by atoms with Gasteiger partial charge in [-0.3, -0.25) is 0 Å². The third-order valence-electron chi connectivity index (χ3n) is 2.82. The predicted octanol–water partition coefficient (Wildman–Crippen LogP) is 3.66. The summed E-state index contributed by atoms with van der Waals surface area (Å²) in [5, 5.41) is 1.28. The lowest BCUT2D eigenvalue weighted by atomic mass is 10.1. The van der Waals surface area contributed by atoms with Crippen LogP contribution in [0.25, 0.3) is 10.9 Å². The maximum absolute atomic E-state index is 5.98. The highest BCUT2D eigenvalue weighted by Crippen LogP contribution is 2.27. The molecule has 1 heterocycles. The zero-order valence-electron chi connectivity index (χ0n) is 9.97. The minimum Gasteiger partial charge on any atom is -0.345 e. The van der Waals surface area contributed by atoms with Crippen LogP contribution < -0.4 is 5.73 Å². The van der Waals surface area contributed by atoms with E-state index in [9.17, 15) is 0 Å². The first-order valence-electron chi connectivity index (χ1n) is 5.46. The Hall–Kier alpha value is -0.990. The number of hydrogen-bond donors (Lipinski definition) is 1. The molecule has 2 nitrogen and oxygen atoms in total. The van der Waals surface area contributed by atoms with Crippen molar-refractivity contribution in [3.8, 4) is 0 Å². The van der Waals surface area contributed by atoms with Crippen LogP contribution in [0.15, 0.2) is 30.5 Å². The Balaban J connectivity index is 0.00000128. The van der Waals surface area contributed by atoms with Crippen LogP contribution in [0.4, 0.5) is 0 Å². The summed E-state index contributed by atoms with van der Waals surface area (Å²) in [5.41, 5.74) is 8.49. The van der Waals surface area contributed by atoms with Crippen molar-refractivity contribution in [3.05, 3.63) is 36.0 Å². The number of nitrogens with two attached hydrogens (primary N) is 1. The molecule has 0 bridgehead atoms. The fourth-order valence-corrected chi connectivity index (χ4v) is 2.02. The molecule has 0 aliphatic carbocycles. The van der Waals surface area contributed by atoms with Gasteiger partial charge in [0, 0.05) is 29.2 Å². The van der Waals surface area contributed by atoms with Crippen LogP contribution in [0.2, 0.25) is 0 Å². The number of benzene rings is 1. The van der Waals surface area contributed by atoms with E-state index < -0.39 is 0 Å². The molecule has 0 spiro atoms. The van der Waals surface area contributed by atoms with Crippen molar-refractivity contribution >= 4 is 23.3 Å². The van der Waals surface area contributed by atoms with Crippen LogP contribution in [0.3, 0.4) is 0 Å². The third kappa shape index (κ3) is 2.08. The molecular weight excluding hydrogens is 220 g/mol. The first-order chi connectivity index (χ1) is 7.11. The Morgan fingerprint density at radius 1 is 1.12 bits per heavy atom. The van der Waals surface area contributed by atoms with Crippen molar-refractivity contribution in [2.24, 2.45) is 5.73 Å². The van der Waals surface area contributed by atoms with Crippen molar-refractivity contribution in [2.45, 2.75) is 32.9 Å². The van der Waals surface area contributed by atoms with Gasteiger partial charge in [-0.2, -0.15) is 0 Å². The van der Waals surface area contributed by atoms with Gasteiger partial charge in [0.25, 0.3) is 0 Å². The van der Waals surface area contributed by atoms with Gasteiger partial charge < -0.3 is 10.3 Å². The second-order valence-corrected chi connectivity index (χ2v) is 4.39. The molecule has 2 rings (SSSR count). The Bertz CT molecular complexity index is 430. The van der Waals surface area contributed by atoms with E-state index in [4.69, 9.17) is 5.73 Å². The molecule has 0 radical (unpaired) electrons. The van der Waals surface area contributed by atoms with Crippen LogP contribution in [0, 0.1) is 0 Å². The number of fused-ring (bicyclic) bond motifs is 1. The van der Waals surface area contributed by atoms with Gasteiger partial charge in [0.1, 0.15) is 0 Å². The summed E-state index contributed by atoms with van der Waals surface area (Å²) in [6, 6.07) is 9.01. The van der Waals surface area contributed by atoms with Gasteiger partial charge in [0.2, 0.25) is 0 Å². The van der Waals surface area contributed by atoms with Crippen LogP contribution in [0.1, 0.15) is 38.4 Å². The third-order valence-corrected chi connectivity index (χ3v) is 2.82. The van der Waals surface area contributed by atoms with Crippen LogP contribution in [0.5, 0.6) is 0 Å². The van der Waals surface area contributed by atoms with Crippen molar-refractivity contribution in [3.63, 3.8) is 0 Å². The Kier molecular flexibility index (Phi) is 4.00. The highest BCUT2D eigenvalue weighted by Gasteiger charge is 2.11. The topological polar surface area (TPSA) is 30.9 Å². The van der Waals surface area contributed by atoms with Gasteiger partial charge in [-0.25, -0.2) is 0 Å². The molecule has 16 heavy (non-hydrogen) atoms. The van der Waals surface area contributed by atoms with Crippen LogP contribution in [-0.2, 0) is 0 Å².